The van der Waals surface area contributed by atoms with Crippen LogP contribution < -0.4 is 16.0 Å². The Morgan fingerprint density at radius 1 is 1.33 bits per heavy atom. The summed E-state index contributed by atoms with van der Waals surface area (Å²) in [6.07, 6.45) is 0. The number of nitrogens with one attached hydrogen (secondary N) is 1. The number of nitro benzene ring substituents is 1. The first-order valence-corrected chi connectivity index (χ1v) is 6.93. The lowest BCUT2D eigenvalue weighted by Gasteiger charge is -2.10. The number of aryl methyl sites for hydroxylation is 1. The second kappa shape index (κ2) is 6.55. The van der Waals surface area contributed by atoms with Crippen molar-refractivity contribution in [1.29, 1.82) is 0 Å². The molecule has 3 N–H and O–H groups in total. The minimum atomic E-state index is -0.488. The Hall–Kier alpha value is -2.12. The topological polar surface area (TPSA) is 90.4 Å². The van der Waals surface area contributed by atoms with E-state index in [9.17, 15) is 10.1 Å². The van der Waals surface area contributed by atoms with Gasteiger partial charge in [-0.1, -0.05) is 22.0 Å². The maximum Gasteiger partial charge on any atom is 0.293 e. The fourth-order valence-corrected chi connectivity index (χ4v) is 2.18. The van der Waals surface area contributed by atoms with Gasteiger partial charge in [0.25, 0.3) is 5.69 Å². The molecule has 0 aliphatic rings. The average Bonchev–Trinajstić information content (AvgIpc) is 2.47. The van der Waals surface area contributed by atoms with Crippen molar-refractivity contribution in [2.75, 3.05) is 5.43 Å². The molecule has 0 atom stereocenters. The number of nitro groups is 1. The number of hydrogen-bond acceptors (Lipinski definition) is 5. The van der Waals surface area contributed by atoms with Crippen LogP contribution in [0.25, 0.3) is 0 Å². The van der Waals surface area contributed by atoms with Crippen molar-refractivity contribution in [2.45, 2.75) is 13.5 Å². The Balaban J connectivity index is 2.17. The Bertz CT molecular complexity index is 677. The molecular weight excluding hydrogens is 338 g/mol. The summed E-state index contributed by atoms with van der Waals surface area (Å²) in [6, 6.07) is 10.4. The zero-order chi connectivity index (χ0) is 15.4. The van der Waals surface area contributed by atoms with E-state index in [-0.39, 0.29) is 11.4 Å². The number of nitrogens with two attached hydrogens (primary N) is 1. The van der Waals surface area contributed by atoms with Gasteiger partial charge in [-0.3, -0.25) is 16.0 Å². The number of rotatable bonds is 5. The molecule has 0 aliphatic carbocycles. The predicted octanol–water partition coefficient (Wildman–Crippen LogP) is 3.53. The van der Waals surface area contributed by atoms with Crippen LogP contribution in [0.2, 0.25) is 0 Å². The number of benzene rings is 2. The van der Waals surface area contributed by atoms with Gasteiger partial charge in [0, 0.05) is 10.5 Å². The minimum Gasteiger partial charge on any atom is -0.489 e. The number of hydrazine groups is 1. The Morgan fingerprint density at radius 3 is 2.76 bits per heavy atom. The predicted molar refractivity (Wildman–Crippen MR) is 84.1 cm³/mol. The SMILES string of the molecule is Cc1ccc(Br)cc1OCc1ccc([N+](=O)[O-])c(NN)c1. The summed E-state index contributed by atoms with van der Waals surface area (Å²) >= 11 is 3.39. The maximum absolute atomic E-state index is 10.8. The number of halogens is 1. The zero-order valence-electron chi connectivity index (χ0n) is 11.3. The van der Waals surface area contributed by atoms with Crippen molar-refractivity contribution in [3.05, 3.63) is 62.1 Å². The lowest BCUT2D eigenvalue weighted by molar-refractivity contribution is -0.384. The van der Waals surface area contributed by atoms with Gasteiger partial charge in [-0.25, -0.2) is 0 Å². The van der Waals surface area contributed by atoms with E-state index in [1.807, 2.05) is 25.1 Å². The maximum atomic E-state index is 10.8. The molecule has 0 unspecified atom stereocenters. The van der Waals surface area contributed by atoms with E-state index in [0.717, 1.165) is 21.3 Å². The quantitative estimate of drug-likeness (QED) is 0.488. The van der Waals surface area contributed by atoms with Crippen LogP contribution >= 0.6 is 15.9 Å². The van der Waals surface area contributed by atoms with E-state index in [1.54, 1.807) is 12.1 Å². The molecule has 0 fully saturated rings. The fourth-order valence-electron chi connectivity index (χ4n) is 1.84. The first kappa shape index (κ1) is 15.3. The van der Waals surface area contributed by atoms with E-state index in [1.165, 1.54) is 6.07 Å². The van der Waals surface area contributed by atoms with E-state index >= 15 is 0 Å². The normalized spacial score (nSPS) is 10.2. The van der Waals surface area contributed by atoms with E-state index in [0.29, 0.717) is 6.61 Å². The molecule has 21 heavy (non-hydrogen) atoms. The van der Waals surface area contributed by atoms with Crippen LogP contribution in [-0.2, 0) is 6.61 Å². The molecule has 0 heterocycles. The van der Waals surface area contributed by atoms with Crippen molar-refractivity contribution in [3.8, 4) is 5.75 Å². The lowest BCUT2D eigenvalue weighted by Crippen LogP contribution is -2.10. The standard InChI is InChI=1S/C14H14BrN3O3/c1-9-2-4-11(15)7-14(9)21-8-10-3-5-13(18(19)20)12(6-10)17-16/h2-7,17H,8,16H2,1H3. The number of ether oxygens (including phenoxy) is 1. The van der Waals surface area contributed by atoms with Crippen molar-refractivity contribution in [3.63, 3.8) is 0 Å². The van der Waals surface area contributed by atoms with Crippen molar-refractivity contribution in [1.82, 2.24) is 0 Å². The molecule has 0 bridgehead atoms. The molecule has 0 saturated heterocycles. The summed E-state index contributed by atoms with van der Waals surface area (Å²) in [4.78, 5) is 10.3. The monoisotopic (exact) mass is 351 g/mol. The summed E-state index contributed by atoms with van der Waals surface area (Å²) in [5, 5.41) is 10.8. The van der Waals surface area contributed by atoms with Crippen LogP contribution in [-0.4, -0.2) is 4.92 Å². The van der Waals surface area contributed by atoms with Gasteiger partial charge in [-0.2, -0.15) is 0 Å². The molecule has 110 valence electrons. The van der Waals surface area contributed by atoms with E-state index < -0.39 is 4.92 Å². The van der Waals surface area contributed by atoms with Gasteiger partial charge in [0.15, 0.2) is 0 Å². The first-order valence-electron chi connectivity index (χ1n) is 6.14. The van der Waals surface area contributed by atoms with Gasteiger partial charge >= 0.3 is 0 Å². The summed E-state index contributed by atoms with van der Waals surface area (Å²) in [6.45, 7) is 2.24. The molecule has 2 aromatic carbocycles. The van der Waals surface area contributed by atoms with Gasteiger partial charge in [-0.05, 0) is 42.3 Å². The number of anilines is 1. The summed E-state index contributed by atoms with van der Waals surface area (Å²) in [5.74, 6) is 6.06. The third kappa shape index (κ3) is 3.71. The minimum absolute atomic E-state index is 0.0695. The van der Waals surface area contributed by atoms with Crippen LogP contribution in [0.4, 0.5) is 11.4 Å². The fraction of sp³-hybridized carbons (Fsp3) is 0.143. The molecule has 0 aromatic heterocycles. The van der Waals surface area contributed by atoms with Gasteiger partial charge in [0.2, 0.25) is 0 Å². The number of hydrogen-bond donors (Lipinski definition) is 2. The molecular formula is C14H14BrN3O3. The number of nitrogens with zero attached hydrogens (tertiary/aromatic N) is 1. The van der Waals surface area contributed by atoms with E-state index in [4.69, 9.17) is 10.6 Å². The highest BCUT2D eigenvalue weighted by molar-refractivity contribution is 9.10. The largest absolute Gasteiger partial charge is 0.489 e. The molecule has 0 aliphatic heterocycles. The van der Waals surface area contributed by atoms with Crippen LogP contribution in [0.3, 0.4) is 0 Å². The van der Waals surface area contributed by atoms with Crippen LogP contribution in [0, 0.1) is 17.0 Å². The second-order valence-electron chi connectivity index (χ2n) is 4.45. The Kier molecular flexibility index (Phi) is 4.77. The second-order valence-corrected chi connectivity index (χ2v) is 5.37. The summed E-state index contributed by atoms with van der Waals surface area (Å²) < 4.78 is 6.66. The highest BCUT2D eigenvalue weighted by Crippen LogP contribution is 2.27. The number of nitrogen functional groups attached to an aromatic ring is 1. The van der Waals surface area contributed by atoms with Crippen LogP contribution in [0.1, 0.15) is 11.1 Å². The van der Waals surface area contributed by atoms with Gasteiger partial charge in [0.1, 0.15) is 18.0 Å². The Morgan fingerprint density at radius 2 is 2.10 bits per heavy atom. The average molecular weight is 352 g/mol. The van der Waals surface area contributed by atoms with Gasteiger partial charge in [0.05, 0.1) is 4.92 Å². The third-order valence-corrected chi connectivity index (χ3v) is 3.45. The van der Waals surface area contributed by atoms with Crippen LogP contribution in [0.15, 0.2) is 40.9 Å². The van der Waals surface area contributed by atoms with Crippen molar-refractivity contribution >= 4 is 27.3 Å². The van der Waals surface area contributed by atoms with Gasteiger partial charge in [-0.15, -0.1) is 0 Å². The third-order valence-electron chi connectivity index (χ3n) is 2.96. The lowest BCUT2D eigenvalue weighted by atomic mass is 10.2. The summed E-state index contributed by atoms with van der Waals surface area (Å²) in [5.41, 5.74) is 4.31. The molecule has 0 spiro atoms. The molecule has 0 saturated carbocycles. The van der Waals surface area contributed by atoms with Crippen molar-refractivity contribution < 1.29 is 9.66 Å². The molecule has 0 radical (unpaired) electrons. The Labute approximate surface area is 130 Å². The highest BCUT2D eigenvalue weighted by Gasteiger charge is 2.13. The molecule has 2 rings (SSSR count). The van der Waals surface area contributed by atoms with E-state index in [2.05, 4.69) is 21.4 Å². The zero-order valence-corrected chi connectivity index (χ0v) is 12.9. The summed E-state index contributed by atoms with van der Waals surface area (Å²) in [7, 11) is 0. The first-order chi connectivity index (χ1) is 10.0. The molecule has 2 aromatic rings. The van der Waals surface area contributed by atoms with Crippen LogP contribution in [0.5, 0.6) is 5.75 Å². The molecule has 0 amide bonds. The molecule has 6 nitrogen and oxygen atoms in total. The van der Waals surface area contributed by atoms with Gasteiger partial charge < -0.3 is 10.2 Å². The smallest absolute Gasteiger partial charge is 0.293 e. The molecule has 7 heteroatoms. The van der Waals surface area contributed by atoms with Crippen molar-refractivity contribution in [2.24, 2.45) is 5.84 Å². The highest BCUT2D eigenvalue weighted by atomic mass is 79.9.